The lowest BCUT2D eigenvalue weighted by molar-refractivity contribution is -0.117. The summed E-state index contributed by atoms with van der Waals surface area (Å²) >= 11 is 5.85. The van der Waals surface area contributed by atoms with Crippen LogP contribution in [0.15, 0.2) is 24.3 Å². The number of halogens is 2. The van der Waals surface area contributed by atoms with Gasteiger partial charge in [0.05, 0.1) is 5.38 Å². The molecule has 2 nitrogen and oxygen atoms in total. The molecule has 1 heterocycles. The zero-order valence-electron chi connectivity index (χ0n) is 7.41. The van der Waals surface area contributed by atoms with Gasteiger partial charge in [0.2, 0.25) is 5.91 Å². The monoisotopic (exact) mass is 213 g/mol. The maximum Gasteiger partial charge on any atom is 0.228 e. The lowest BCUT2D eigenvalue weighted by Crippen LogP contribution is -2.24. The largest absolute Gasteiger partial charge is 0.311 e. The van der Waals surface area contributed by atoms with E-state index in [9.17, 15) is 9.18 Å². The average Bonchev–Trinajstić information content (AvgIpc) is 2.47. The van der Waals surface area contributed by atoms with Gasteiger partial charge < -0.3 is 4.90 Å². The van der Waals surface area contributed by atoms with E-state index in [2.05, 4.69) is 0 Å². The number of amides is 1. The van der Waals surface area contributed by atoms with Crippen LogP contribution in [0.5, 0.6) is 0 Å². The minimum Gasteiger partial charge on any atom is -0.311 e. The van der Waals surface area contributed by atoms with Crippen LogP contribution in [0.1, 0.15) is 6.42 Å². The summed E-state index contributed by atoms with van der Waals surface area (Å²) in [4.78, 5) is 13.0. The Morgan fingerprint density at radius 1 is 1.36 bits per heavy atom. The predicted octanol–water partition coefficient (Wildman–Crippen LogP) is 2.17. The van der Waals surface area contributed by atoms with E-state index in [1.807, 2.05) is 0 Å². The zero-order chi connectivity index (χ0) is 10.1. The van der Waals surface area contributed by atoms with Gasteiger partial charge in [-0.25, -0.2) is 4.39 Å². The van der Waals surface area contributed by atoms with Crippen molar-refractivity contribution in [1.29, 1.82) is 0 Å². The molecule has 0 aromatic heterocycles. The molecule has 0 aliphatic carbocycles. The summed E-state index contributed by atoms with van der Waals surface area (Å²) < 4.78 is 12.6. The first-order valence-corrected chi connectivity index (χ1v) is 4.80. The number of benzene rings is 1. The lowest BCUT2D eigenvalue weighted by Gasteiger charge is -2.15. The standard InChI is InChI=1S/C10H9ClFNO/c11-7-5-10(14)13(6-7)9-3-1-8(12)2-4-9/h1-4,7H,5-6H2. The van der Waals surface area contributed by atoms with Crippen molar-refractivity contribution >= 4 is 23.2 Å². The Balaban J connectivity index is 2.23. The third-order valence-corrected chi connectivity index (χ3v) is 2.51. The van der Waals surface area contributed by atoms with Crippen LogP contribution >= 0.6 is 11.6 Å². The number of hydrogen-bond donors (Lipinski definition) is 0. The van der Waals surface area contributed by atoms with Crippen LogP contribution in [0, 0.1) is 5.82 Å². The first-order chi connectivity index (χ1) is 6.66. The van der Waals surface area contributed by atoms with Crippen LogP contribution < -0.4 is 4.90 Å². The molecule has 1 atom stereocenters. The molecule has 0 bridgehead atoms. The van der Waals surface area contributed by atoms with Crippen LogP contribution in [0.3, 0.4) is 0 Å². The molecule has 0 N–H and O–H groups in total. The van der Waals surface area contributed by atoms with E-state index in [4.69, 9.17) is 11.6 Å². The highest BCUT2D eigenvalue weighted by Gasteiger charge is 2.28. The molecule has 1 unspecified atom stereocenters. The highest BCUT2D eigenvalue weighted by atomic mass is 35.5. The summed E-state index contributed by atoms with van der Waals surface area (Å²) in [5, 5.41) is -0.132. The highest BCUT2D eigenvalue weighted by Crippen LogP contribution is 2.23. The molecule has 1 aromatic rings. The van der Waals surface area contributed by atoms with Crippen molar-refractivity contribution in [2.45, 2.75) is 11.8 Å². The highest BCUT2D eigenvalue weighted by molar-refractivity contribution is 6.24. The summed E-state index contributed by atoms with van der Waals surface area (Å²) in [6.07, 6.45) is 0.360. The van der Waals surface area contributed by atoms with Crippen molar-refractivity contribution in [3.05, 3.63) is 30.1 Å². The van der Waals surface area contributed by atoms with Gasteiger partial charge in [0, 0.05) is 18.7 Å². The van der Waals surface area contributed by atoms with Crippen LogP contribution in [-0.4, -0.2) is 17.8 Å². The number of hydrogen-bond acceptors (Lipinski definition) is 1. The molecule has 1 aliphatic heterocycles. The van der Waals surface area contributed by atoms with E-state index in [0.29, 0.717) is 18.7 Å². The maximum absolute atomic E-state index is 12.6. The molecule has 0 spiro atoms. The van der Waals surface area contributed by atoms with E-state index >= 15 is 0 Å². The molecule has 74 valence electrons. The van der Waals surface area contributed by atoms with E-state index in [1.165, 1.54) is 12.1 Å². The summed E-state index contributed by atoms with van der Waals surface area (Å²) in [7, 11) is 0. The van der Waals surface area contributed by atoms with Gasteiger partial charge >= 0.3 is 0 Å². The van der Waals surface area contributed by atoms with Crippen molar-refractivity contribution in [2.75, 3.05) is 11.4 Å². The second-order valence-electron chi connectivity index (χ2n) is 3.28. The Labute approximate surface area is 86.3 Å². The molecule has 4 heteroatoms. The molecule has 1 amide bonds. The molecular weight excluding hydrogens is 205 g/mol. The first-order valence-electron chi connectivity index (χ1n) is 4.37. The van der Waals surface area contributed by atoms with E-state index in [0.717, 1.165) is 0 Å². The lowest BCUT2D eigenvalue weighted by atomic mass is 10.3. The summed E-state index contributed by atoms with van der Waals surface area (Å²) in [6.45, 7) is 0.506. The Hall–Kier alpha value is -1.09. The molecular formula is C10H9ClFNO. The molecule has 1 aliphatic rings. The fourth-order valence-electron chi connectivity index (χ4n) is 1.53. The van der Waals surface area contributed by atoms with E-state index in [1.54, 1.807) is 17.0 Å². The topological polar surface area (TPSA) is 20.3 Å². The quantitative estimate of drug-likeness (QED) is 0.655. The number of anilines is 1. The Bertz CT molecular complexity index is 352. The number of rotatable bonds is 1. The Morgan fingerprint density at radius 3 is 2.50 bits per heavy atom. The normalized spacial score (nSPS) is 21.7. The minimum absolute atomic E-state index is 0.00314. The van der Waals surface area contributed by atoms with Crippen LogP contribution in [0.25, 0.3) is 0 Å². The van der Waals surface area contributed by atoms with E-state index < -0.39 is 0 Å². The number of nitrogens with zero attached hydrogens (tertiary/aromatic N) is 1. The van der Waals surface area contributed by atoms with Crippen LogP contribution in [0.2, 0.25) is 0 Å². The van der Waals surface area contributed by atoms with Gasteiger partial charge in [-0.1, -0.05) is 0 Å². The van der Waals surface area contributed by atoms with Gasteiger partial charge in [0.1, 0.15) is 5.82 Å². The molecule has 1 aromatic carbocycles. The van der Waals surface area contributed by atoms with Gasteiger partial charge in [0.25, 0.3) is 0 Å². The van der Waals surface area contributed by atoms with Crippen molar-refractivity contribution in [2.24, 2.45) is 0 Å². The molecule has 0 radical (unpaired) electrons. The van der Waals surface area contributed by atoms with Gasteiger partial charge in [-0.15, -0.1) is 11.6 Å². The summed E-state index contributed by atoms with van der Waals surface area (Å²) in [5.41, 5.74) is 0.708. The molecule has 14 heavy (non-hydrogen) atoms. The zero-order valence-corrected chi connectivity index (χ0v) is 8.17. The average molecular weight is 214 g/mol. The number of carbonyl (C=O) groups excluding carboxylic acids is 1. The third kappa shape index (κ3) is 1.73. The fraction of sp³-hybridized carbons (Fsp3) is 0.300. The van der Waals surface area contributed by atoms with Gasteiger partial charge in [-0.3, -0.25) is 4.79 Å². The Kier molecular flexibility index (Phi) is 2.42. The van der Waals surface area contributed by atoms with Crippen molar-refractivity contribution < 1.29 is 9.18 Å². The smallest absolute Gasteiger partial charge is 0.228 e. The van der Waals surface area contributed by atoms with Crippen molar-refractivity contribution in [1.82, 2.24) is 0 Å². The minimum atomic E-state index is -0.303. The van der Waals surface area contributed by atoms with Gasteiger partial charge in [-0.2, -0.15) is 0 Å². The SMILES string of the molecule is O=C1CC(Cl)CN1c1ccc(F)cc1. The fourth-order valence-corrected chi connectivity index (χ4v) is 1.80. The second-order valence-corrected chi connectivity index (χ2v) is 3.90. The number of carbonyl (C=O) groups is 1. The second kappa shape index (κ2) is 3.58. The first kappa shape index (κ1) is 9.46. The van der Waals surface area contributed by atoms with E-state index in [-0.39, 0.29) is 17.1 Å². The maximum atomic E-state index is 12.6. The molecule has 2 rings (SSSR count). The number of alkyl halides is 1. The molecule has 1 fully saturated rings. The van der Waals surface area contributed by atoms with Gasteiger partial charge in [0.15, 0.2) is 0 Å². The van der Waals surface area contributed by atoms with Crippen LogP contribution in [-0.2, 0) is 4.79 Å². The summed E-state index contributed by atoms with van der Waals surface area (Å²) in [6, 6.07) is 5.85. The third-order valence-electron chi connectivity index (χ3n) is 2.22. The molecule has 0 saturated carbocycles. The van der Waals surface area contributed by atoms with Gasteiger partial charge in [-0.05, 0) is 24.3 Å². The van der Waals surface area contributed by atoms with Crippen molar-refractivity contribution in [3.8, 4) is 0 Å². The molecule has 1 saturated heterocycles. The van der Waals surface area contributed by atoms with Crippen molar-refractivity contribution in [3.63, 3.8) is 0 Å². The van der Waals surface area contributed by atoms with Crippen LogP contribution in [0.4, 0.5) is 10.1 Å². The summed E-state index contributed by atoms with van der Waals surface area (Å²) in [5.74, 6) is -0.306. The Morgan fingerprint density at radius 2 is 2.00 bits per heavy atom. The predicted molar refractivity (Wildman–Crippen MR) is 53.0 cm³/mol.